The van der Waals surface area contributed by atoms with Gasteiger partial charge < -0.3 is 11.1 Å². The highest BCUT2D eigenvalue weighted by molar-refractivity contribution is 5.79. The number of rotatable bonds is 2. The van der Waals surface area contributed by atoms with Crippen molar-refractivity contribution in [3.63, 3.8) is 0 Å². The van der Waals surface area contributed by atoms with Crippen molar-refractivity contribution in [1.82, 2.24) is 5.32 Å². The van der Waals surface area contributed by atoms with Crippen LogP contribution in [0, 0.1) is 17.8 Å². The third kappa shape index (κ3) is 2.56. The van der Waals surface area contributed by atoms with E-state index in [4.69, 9.17) is 5.73 Å². The summed E-state index contributed by atoms with van der Waals surface area (Å²) in [5.74, 6) is 2.22. The minimum Gasteiger partial charge on any atom is -0.353 e. The van der Waals surface area contributed by atoms with Gasteiger partial charge in [-0.15, -0.1) is 0 Å². The summed E-state index contributed by atoms with van der Waals surface area (Å²) in [6.07, 6.45) is 10.7. The summed E-state index contributed by atoms with van der Waals surface area (Å²) >= 11 is 0. The van der Waals surface area contributed by atoms with E-state index in [-0.39, 0.29) is 0 Å². The highest BCUT2D eigenvalue weighted by Gasteiger charge is 2.41. The van der Waals surface area contributed by atoms with Crippen molar-refractivity contribution in [3.8, 4) is 0 Å². The second kappa shape index (κ2) is 5.20. The Morgan fingerprint density at radius 2 is 1.56 bits per heavy atom. The Kier molecular flexibility index (Phi) is 3.60. The third-order valence-corrected chi connectivity index (χ3v) is 5.37. The molecule has 3 saturated carbocycles. The van der Waals surface area contributed by atoms with Gasteiger partial charge in [-0.2, -0.15) is 0 Å². The number of carbonyl (C=O) groups is 1. The Morgan fingerprint density at radius 1 is 0.944 bits per heavy atom. The fourth-order valence-corrected chi connectivity index (χ4v) is 4.47. The Labute approximate surface area is 110 Å². The number of amides is 1. The Bertz CT molecular complexity index is 298. The SMILES string of the molecule is NC1CC2CC(NC(=O)C3CCCCC3)CC2C1. The van der Waals surface area contributed by atoms with Crippen LogP contribution in [0.25, 0.3) is 0 Å². The van der Waals surface area contributed by atoms with Gasteiger partial charge in [0.2, 0.25) is 5.91 Å². The molecule has 102 valence electrons. The number of hydrogen-bond donors (Lipinski definition) is 2. The van der Waals surface area contributed by atoms with Gasteiger partial charge in [-0.25, -0.2) is 0 Å². The van der Waals surface area contributed by atoms with E-state index in [9.17, 15) is 4.79 Å². The zero-order chi connectivity index (χ0) is 12.5. The standard InChI is InChI=1S/C15H26N2O/c16-13-6-11-8-14(9-12(11)7-13)17-15(18)10-4-2-1-3-5-10/h10-14H,1-9,16H2,(H,17,18). The number of carbonyl (C=O) groups excluding carboxylic acids is 1. The largest absolute Gasteiger partial charge is 0.353 e. The molecule has 0 aromatic heterocycles. The van der Waals surface area contributed by atoms with Gasteiger partial charge in [0.1, 0.15) is 0 Å². The molecular formula is C15H26N2O. The second-order valence-corrected chi connectivity index (χ2v) is 6.76. The van der Waals surface area contributed by atoms with Crippen LogP contribution in [-0.4, -0.2) is 18.0 Å². The molecular weight excluding hydrogens is 224 g/mol. The Balaban J connectivity index is 1.48. The zero-order valence-electron chi connectivity index (χ0n) is 11.2. The van der Waals surface area contributed by atoms with Crippen LogP contribution in [0.3, 0.4) is 0 Å². The van der Waals surface area contributed by atoms with E-state index < -0.39 is 0 Å². The Hall–Kier alpha value is -0.570. The summed E-state index contributed by atoms with van der Waals surface area (Å²) in [5.41, 5.74) is 6.00. The highest BCUT2D eigenvalue weighted by atomic mass is 16.1. The smallest absolute Gasteiger partial charge is 0.223 e. The molecule has 3 aliphatic carbocycles. The van der Waals surface area contributed by atoms with E-state index in [1.165, 1.54) is 44.9 Å². The minimum absolute atomic E-state index is 0.307. The maximum absolute atomic E-state index is 12.2. The van der Waals surface area contributed by atoms with Gasteiger partial charge in [-0.3, -0.25) is 4.79 Å². The normalized spacial score (nSPS) is 40.7. The first-order valence-electron chi connectivity index (χ1n) is 7.78. The number of fused-ring (bicyclic) bond motifs is 1. The lowest BCUT2D eigenvalue weighted by Gasteiger charge is -2.23. The monoisotopic (exact) mass is 250 g/mol. The van der Waals surface area contributed by atoms with Gasteiger partial charge in [0.25, 0.3) is 0 Å². The van der Waals surface area contributed by atoms with E-state index in [1.54, 1.807) is 0 Å². The molecule has 0 heterocycles. The van der Waals surface area contributed by atoms with E-state index in [1.807, 2.05) is 0 Å². The van der Waals surface area contributed by atoms with Crippen molar-refractivity contribution in [2.75, 3.05) is 0 Å². The molecule has 3 fully saturated rings. The van der Waals surface area contributed by atoms with Gasteiger partial charge in [-0.1, -0.05) is 19.3 Å². The highest BCUT2D eigenvalue weighted by Crippen LogP contribution is 2.43. The minimum atomic E-state index is 0.307. The van der Waals surface area contributed by atoms with Crippen LogP contribution in [0.1, 0.15) is 57.8 Å². The van der Waals surface area contributed by atoms with Crippen LogP contribution in [0.4, 0.5) is 0 Å². The van der Waals surface area contributed by atoms with Crippen molar-refractivity contribution in [1.29, 1.82) is 0 Å². The molecule has 0 saturated heterocycles. The quantitative estimate of drug-likeness (QED) is 0.789. The summed E-state index contributed by atoms with van der Waals surface area (Å²) in [6, 6.07) is 0.872. The van der Waals surface area contributed by atoms with E-state index in [0.717, 1.165) is 24.7 Å². The molecule has 2 atom stereocenters. The van der Waals surface area contributed by atoms with Crippen LogP contribution in [0.2, 0.25) is 0 Å². The molecule has 2 unspecified atom stereocenters. The van der Waals surface area contributed by atoms with Crippen LogP contribution < -0.4 is 11.1 Å². The summed E-state index contributed by atoms with van der Waals surface area (Å²) in [7, 11) is 0. The van der Waals surface area contributed by atoms with Crippen molar-refractivity contribution >= 4 is 5.91 Å². The third-order valence-electron chi connectivity index (χ3n) is 5.37. The van der Waals surface area contributed by atoms with Gasteiger partial charge in [0.15, 0.2) is 0 Å². The first kappa shape index (κ1) is 12.5. The second-order valence-electron chi connectivity index (χ2n) is 6.76. The molecule has 0 spiro atoms. The molecule has 3 rings (SSSR count). The lowest BCUT2D eigenvalue weighted by Crippen LogP contribution is -2.38. The Morgan fingerprint density at radius 3 is 2.17 bits per heavy atom. The molecule has 18 heavy (non-hydrogen) atoms. The van der Waals surface area contributed by atoms with E-state index in [0.29, 0.717) is 23.9 Å². The van der Waals surface area contributed by atoms with E-state index in [2.05, 4.69) is 5.32 Å². The molecule has 3 heteroatoms. The van der Waals surface area contributed by atoms with Crippen LogP contribution in [-0.2, 0) is 4.79 Å². The van der Waals surface area contributed by atoms with E-state index >= 15 is 0 Å². The van der Waals surface area contributed by atoms with Crippen molar-refractivity contribution in [2.24, 2.45) is 23.5 Å². The van der Waals surface area contributed by atoms with Gasteiger partial charge >= 0.3 is 0 Å². The predicted molar refractivity (Wildman–Crippen MR) is 71.9 cm³/mol. The summed E-state index contributed by atoms with van der Waals surface area (Å²) in [4.78, 5) is 12.2. The average Bonchev–Trinajstić information content (AvgIpc) is 2.86. The fraction of sp³-hybridized carbons (Fsp3) is 0.933. The number of nitrogens with one attached hydrogen (secondary N) is 1. The average molecular weight is 250 g/mol. The predicted octanol–water partition coefficient (Wildman–Crippen LogP) is 2.20. The first-order valence-corrected chi connectivity index (χ1v) is 7.78. The van der Waals surface area contributed by atoms with Crippen LogP contribution in [0.15, 0.2) is 0 Å². The summed E-state index contributed by atoms with van der Waals surface area (Å²) in [6.45, 7) is 0. The molecule has 3 nitrogen and oxygen atoms in total. The maximum Gasteiger partial charge on any atom is 0.223 e. The molecule has 1 amide bonds. The fourth-order valence-electron chi connectivity index (χ4n) is 4.47. The molecule has 3 aliphatic rings. The lowest BCUT2D eigenvalue weighted by molar-refractivity contribution is -0.126. The first-order chi connectivity index (χ1) is 8.72. The van der Waals surface area contributed by atoms with Gasteiger partial charge in [0, 0.05) is 18.0 Å². The van der Waals surface area contributed by atoms with Crippen molar-refractivity contribution in [2.45, 2.75) is 69.9 Å². The van der Waals surface area contributed by atoms with Crippen LogP contribution in [0.5, 0.6) is 0 Å². The zero-order valence-corrected chi connectivity index (χ0v) is 11.2. The van der Waals surface area contributed by atoms with Gasteiger partial charge in [0.05, 0.1) is 0 Å². The van der Waals surface area contributed by atoms with Crippen molar-refractivity contribution in [3.05, 3.63) is 0 Å². The maximum atomic E-state index is 12.2. The molecule has 0 radical (unpaired) electrons. The van der Waals surface area contributed by atoms with Gasteiger partial charge in [-0.05, 0) is 50.4 Å². The molecule has 0 aromatic carbocycles. The molecule has 0 aromatic rings. The molecule has 0 bridgehead atoms. The topological polar surface area (TPSA) is 55.1 Å². The summed E-state index contributed by atoms with van der Waals surface area (Å²) < 4.78 is 0. The lowest BCUT2D eigenvalue weighted by atomic mass is 9.88. The molecule has 0 aliphatic heterocycles. The molecule has 3 N–H and O–H groups in total. The summed E-state index contributed by atoms with van der Waals surface area (Å²) in [5, 5.41) is 3.31. The number of nitrogens with two attached hydrogens (primary N) is 1. The van der Waals surface area contributed by atoms with Crippen molar-refractivity contribution < 1.29 is 4.79 Å². The van der Waals surface area contributed by atoms with Crippen LogP contribution >= 0.6 is 0 Å². The number of hydrogen-bond acceptors (Lipinski definition) is 2.